The van der Waals surface area contributed by atoms with Crippen LogP contribution in [-0.4, -0.2) is 90.8 Å². The predicted molar refractivity (Wildman–Crippen MR) is 111 cm³/mol. The van der Waals surface area contributed by atoms with Crippen LogP contribution >= 0.6 is 0 Å². The zero-order valence-corrected chi connectivity index (χ0v) is 17.8. The van der Waals surface area contributed by atoms with E-state index in [-0.39, 0.29) is 13.0 Å². The van der Waals surface area contributed by atoms with Crippen LogP contribution < -0.4 is 10.1 Å². The predicted octanol–water partition coefficient (Wildman–Crippen LogP) is 1.34. The maximum absolute atomic E-state index is 10.3. The van der Waals surface area contributed by atoms with Crippen molar-refractivity contribution < 1.29 is 38.3 Å². The Balaban J connectivity index is 1.77. The highest BCUT2D eigenvalue weighted by molar-refractivity contribution is 5.66. The molecule has 0 saturated heterocycles. The fourth-order valence-electron chi connectivity index (χ4n) is 2.31. The van der Waals surface area contributed by atoms with Gasteiger partial charge in [-0.3, -0.25) is 4.79 Å². The highest BCUT2D eigenvalue weighted by atomic mass is 16.6. The van der Waals surface area contributed by atoms with Gasteiger partial charge in [0.15, 0.2) is 0 Å². The van der Waals surface area contributed by atoms with E-state index in [9.17, 15) is 4.79 Å². The minimum Gasteiger partial charge on any atom is -0.491 e. The zero-order chi connectivity index (χ0) is 21.7. The number of carbonyl (C=O) groups is 1. The maximum atomic E-state index is 10.3. The van der Waals surface area contributed by atoms with Crippen LogP contribution in [0.3, 0.4) is 0 Å². The molecular formula is C21H35NO8. The molecule has 0 unspecified atom stereocenters. The van der Waals surface area contributed by atoms with Crippen molar-refractivity contribution in [3.05, 3.63) is 29.8 Å². The molecule has 0 saturated carbocycles. The first-order valence-electron chi connectivity index (χ1n) is 10.2. The molecule has 30 heavy (non-hydrogen) atoms. The van der Waals surface area contributed by atoms with Crippen LogP contribution in [0.1, 0.15) is 12.0 Å². The van der Waals surface area contributed by atoms with Gasteiger partial charge >= 0.3 is 5.97 Å². The van der Waals surface area contributed by atoms with Crippen LogP contribution in [0.5, 0.6) is 5.75 Å². The summed E-state index contributed by atoms with van der Waals surface area (Å²) < 4.78 is 32.3. The molecule has 0 aliphatic carbocycles. The van der Waals surface area contributed by atoms with Crippen LogP contribution in [0.25, 0.3) is 0 Å². The number of carboxylic acid groups (broad SMARTS) is 1. The number of hydrogen-bond acceptors (Lipinski definition) is 8. The van der Waals surface area contributed by atoms with Crippen LogP contribution in [0.15, 0.2) is 24.3 Å². The van der Waals surface area contributed by atoms with Gasteiger partial charge in [-0.05, 0) is 24.7 Å². The van der Waals surface area contributed by atoms with Gasteiger partial charge in [0.1, 0.15) is 12.4 Å². The smallest absolute Gasteiger partial charge is 0.305 e. The largest absolute Gasteiger partial charge is 0.491 e. The molecule has 0 aliphatic rings. The monoisotopic (exact) mass is 429 g/mol. The number of rotatable bonds is 21. The van der Waals surface area contributed by atoms with Crippen LogP contribution in [-0.2, 0) is 35.0 Å². The summed E-state index contributed by atoms with van der Waals surface area (Å²) in [6, 6.07) is 7.98. The van der Waals surface area contributed by atoms with Gasteiger partial charge in [0.05, 0.1) is 72.5 Å². The molecule has 0 aliphatic heterocycles. The molecule has 1 rings (SSSR count). The van der Waals surface area contributed by atoms with Gasteiger partial charge < -0.3 is 38.8 Å². The lowest BCUT2D eigenvalue weighted by Gasteiger charge is -2.09. The summed E-state index contributed by atoms with van der Waals surface area (Å²) in [5.74, 6) is -0.0245. The second-order valence-corrected chi connectivity index (χ2v) is 6.23. The molecule has 2 N–H and O–H groups in total. The molecule has 0 fully saturated rings. The molecule has 0 atom stereocenters. The van der Waals surface area contributed by atoms with E-state index in [1.807, 2.05) is 25.2 Å². The third-order valence-electron chi connectivity index (χ3n) is 3.72. The van der Waals surface area contributed by atoms with E-state index in [1.54, 1.807) is 0 Å². The Hall–Kier alpha value is -1.75. The minimum absolute atomic E-state index is 0.00754. The van der Waals surface area contributed by atoms with E-state index in [1.165, 1.54) is 5.56 Å². The minimum atomic E-state index is -0.867. The Kier molecular flexibility index (Phi) is 16.8. The Morgan fingerprint density at radius 3 is 1.80 bits per heavy atom. The van der Waals surface area contributed by atoms with E-state index < -0.39 is 5.97 Å². The van der Waals surface area contributed by atoms with Crippen molar-refractivity contribution in [2.45, 2.75) is 13.0 Å². The number of nitrogens with one attached hydrogen (secondary N) is 1. The molecule has 0 bridgehead atoms. The topological polar surface area (TPSA) is 105 Å². The Morgan fingerprint density at radius 1 is 0.800 bits per heavy atom. The quantitative estimate of drug-likeness (QED) is 0.280. The Morgan fingerprint density at radius 2 is 1.30 bits per heavy atom. The first kappa shape index (κ1) is 26.3. The summed E-state index contributed by atoms with van der Waals surface area (Å²) in [6.07, 6.45) is 0.00754. The summed E-state index contributed by atoms with van der Waals surface area (Å²) in [7, 11) is 1.91. The van der Waals surface area contributed by atoms with Gasteiger partial charge in [0.25, 0.3) is 0 Å². The van der Waals surface area contributed by atoms with E-state index in [2.05, 4.69) is 11.4 Å². The average Bonchev–Trinajstić information content (AvgIpc) is 2.73. The molecule has 0 heterocycles. The summed E-state index contributed by atoms with van der Waals surface area (Å²) in [5.41, 5.74) is 1.18. The summed E-state index contributed by atoms with van der Waals surface area (Å²) >= 11 is 0. The van der Waals surface area contributed by atoms with Crippen LogP contribution in [0, 0.1) is 0 Å². The van der Waals surface area contributed by atoms with E-state index in [4.69, 9.17) is 33.5 Å². The number of ether oxygens (including phenoxy) is 6. The van der Waals surface area contributed by atoms with Gasteiger partial charge in [0, 0.05) is 6.54 Å². The lowest BCUT2D eigenvalue weighted by molar-refractivity contribution is -0.138. The van der Waals surface area contributed by atoms with Crippen molar-refractivity contribution in [1.29, 1.82) is 0 Å². The van der Waals surface area contributed by atoms with Gasteiger partial charge in [-0.2, -0.15) is 0 Å². The molecule has 1 aromatic rings. The molecule has 172 valence electrons. The fourth-order valence-corrected chi connectivity index (χ4v) is 2.31. The zero-order valence-electron chi connectivity index (χ0n) is 17.8. The molecule has 0 spiro atoms. The van der Waals surface area contributed by atoms with Crippen molar-refractivity contribution in [2.24, 2.45) is 0 Å². The van der Waals surface area contributed by atoms with Crippen molar-refractivity contribution >= 4 is 5.97 Å². The van der Waals surface area contributed by atoms with E-state index >= 15 is 0 Å². The molecule has 1 aromatic carbocycles. The standard InChI is InChI=1S/C21H35NO8/c1-22-18-19-3-2-4-20(17-19)30-16-15-29-14-13-28-12-11-27-10-9-26-8-7-25-6-5-21(23)24/h2-4,17,22H,5-16,18H2,1H3,(H,23,24). The highest BCUT2D eigenvalue weighted by Gasteiger charge is 1.98. The lowest BCUT2D eigenvalue weighted by Crippen LogP contribution is -2.14. The van der Waals surface area contributed by atoms with Gasteiger partial charge in [-0.1, -0.05) is 12.1 Å². The molecule has 0 aromatic heterocycles. The SMILES string of the molecule is CNCc1cccc(OCCOCCOCCOCCOCCOCCC(=O)O)c1. The molecule has 0 amide bonds. The van der Waals surface area contributed by atoms with E-state index in [0.29, 0.717) is 66.1 Å². The van der Waals surface area contributed by atoms with Crippen LogP contribution in [0.2, 0.25) is 0 Å². The molecule has 0 radical (unpaired) electrons. The molecule has 9 nitrogen and oxygen atoms in total. The highest BCUT2D eigenvalue weighted by Crippen LogP contribution is 2.12. The van der Waals surface area contributed by atoms with Gasteiger partial charge in [-0.25, -0.2) is 0 Å². The Bertz CT molecular complexity index is 543. The number of carboxylic acids is 1. The second-order valence-electron chi connectivity index (χ2n) is 6.23. The van der Waals surface area contributed by atoms with Gasteiger partial charge in [0.2, 0.25) is 0 Å². The van der Waals surface area contributed by atoms with Crippen LogP contribution in [0.4, 0.5) is 0 Å². The molecular weight excluding hydrogens is 394 g/mol. The summed E-state index contributed by atoms with van der Waals surface area (Å²) in [6.45, 7) is 5.75. The fraction of sp³-hybridized carbons (Fsp3) is 0.667. The molecule has 9 heteroatoms. The van der Waals surface area contributed by atoms with E-state index in [0.717, 1.165) is 12.3 Å². The van der Waals surface area contributed by atoms with Crippen molar-refractivity contribution in [3.8, 4) is 5.75 Å². The first-order valence-corrected chi connectivity index (χ1v) is 10.2. The number of hydrogen-bond donors (Lipinski definition) is 2. The maximum Gasteiger partial charge on any atom is 0.305 e. The van der Waals surface area contributed by atoms with Crippen molar-refractivity contribution in [2.75, 3.05) is 79.7 Å². The van der Waals surface area contributed by atoms with Crippen molar-refractivity contribution in [3.63, 3.8) is 0 Å². The Labute approximate surface area is 178 Å². The number of benzene rings is 1. The van der Waals surface area contributed by atoms with Crippen molar-refractivity contribution in [1.82, 2.24) is 5.32 Å². The number of aliphatic carboxylic acids is 1. The third-order valence-corrected chi connectivity index (χ3v) is 3.72. The first-order chi connectivity index (χ1) is 14.7. The lowest BCUT2D eigenvalue weighted by atomic mass is 10.2. The second kappa shape index (κ2) is 19.2. The summed E-state index contributed by atoms with van der Waals surface area (Å²) in [5, 5.41) is 11.6. The average molecular weight is 430 g/mol. The van der Waals surface area contributed by atoms with Gasteiger partial charge in [-0.15, -0.1) is 0 Å². The normalized spacial score (nSPS) is 11.0. The third kappa shape index (κ3) is 16.1. The summed E-state index contributed by atoms with van der Waals surface area (Å²) in [4.78, 5) is 10.3.